The summed E-state index contributed by atoms with van der Waals surface area (Å²) in [4.78, 5) is 7.18. The van der Waals surface area contributed by atoms with Gasteiger partial charge in [0.25, 0.3) is 0 Å². The summed E-state index contributed by atoms with van der Waals surface area (Å²) in [7, 11) is 2.20. The third-order valence-corrected chi connectivity index (χ3v) is 4.40. The maximum Gasteiger partial charge on any atom is 0.109 e. The van der Waals surface area contributed by atoms with Crippen LogP contribution in [-0.2, 0) is 19.4 Å². The number of hydrogen-bond donors (Lipinski definition) is 1. The fraction of sp³-hybridized carbons (Fsp3) is 0.786. The SMILES string of the molecule is CN1CCC(Cc2cn3c(n2)CC(CO)CC3)C1. The Bertz CT molecular complexity index is 415. The first kappa shape index (κ1) is 12.2. The minimum Gasteiger partial charge on any atom is -0.396 e. The Labute approximate surface area is 109 Å². The van der Waals surface area contributed by atoms with E-state index in [1.165, 1.54) is 31.0 Å². The van der Waals surface area contributed by atoms with Gasteiger partial charge in [-0.3, -0.25) is 0 Å². The van der Waals surface area contributed by atoms with Crippen LogP contribution in [0, 0.1) is 11.8 Å². The van der Waals surface area contributed by atoms with Crippen molar-refractivity contribution in [2.75, 3.05) is 26.7 Å². The highest BCUT2D eigenvalue weighted by Gasteiger charge is 2.23. The van der Waals surface area contributed by atoms with E-state index in [0.717, 1.165) is 31.7 Å². The lowest BCUT2D eigenvalue weighted by atomic mass is 9.99. The molecule has 4 heteroatoms. The number of imidazole rings is 1. The van der Waals surface area contributed by atoms with E-state index < -0.39 is 0 Å². The van der Waals surface area contributed by atoms with Gasteiger partial charge < -0.3 is 14.6 Å². The largest absolute Gasteiger partial charge is 0.396 e. The molecule has 1 saturated heterocycles. The summed E-state index contributed by atoms with van der Waals surface area (Å²) in [6.07, 6.45) is 6.69. The van der Waals surface area contributed by atoms with Gasteiger partial charge in [-0.15, -0.1) is 0 Å². The normalized spacial score (nSPS) is 28.6. The smallest absolute Gasteiger partial charge is 0.109 e. The van der Waals surface area contributed by atoms with Crippen molar-refractivity contribution in [3.8, 4) is 0 Å². The molecule has 2 unspecified atom stereocenters. The second-order valence-electron chi connectivity index (χ2n) is 6.00. The Morgan fingerprint density at radius 2 is 2.17 bits per heavy atom. The van der Waals surface area contributed by atoms with Crippen LogP contribution in [0.4, 0.5) is 0 Å². The molecule has 3 heterocycles. The average Bonchev–Trinajstić information content (AvgIpc) is 2.94. The molecule has 0 spiro atoms. The number of aliphatic hydroxyl groups excluding tert-OH is 1. The van der Waals surface area contributed by atoms with Gasteiger partial charge in [0.2, 0.25) is 0 Å². The summed E-state index contributed by atoms with van der Waals surface area (Å²) in [5, 5.41) is 9.24. The van der Waals surface area contributed by atoms with Crippen LogP contribution in [0.3, 0.4) is 0 Å². The predicted octanol–water partition coefficient (Wildman–Crippen LogP) is 0.932. The monoisotopic (exact) mass is 249 g/mol. The zero-order valence-corrected chi connectivity index (χ0v) is 11.2. The highest BCUT2D eigenvalue weighted by molar-refractivity contribution is 5.08. The van der Waals surface area contributed by atoms with Crippen molar-refractivity contribution >= 4 is 0 Å². The van der Waals surface area contributed by atoms with E-state index in [2.05, 4.69) is 22.7 Å². The van der Waals surface area contributed by atoms with Crippen molar-refractivity contribution in [1.82, 2.24) is 14.5 Å². The molecule has 3 rings (SSSR count). The van der Waals surface area contributed by atoms with Crippen LogP contribution >= 0.6 is 0 Å². The summed E-state index contributed by atoms with van der Waals surface area (Å²) in [6, 6.07) is 0. The van der Waals surface area contributed by atoms with Crippen molar-refractivity contribution in [3.05, 3.63) is 17.7 Å². The van der Waals surface area contributed by atoms with Gasteiger partial charge in [0.1, 0.15) is 5.82 Å². The molecule has 1 N–H and O–H groups in total. The van der Waals surface area contributed by atoms with Crippen molar-refractivity contribution in [3.63, 3.8) is 0 Å². The minimum atomic E-state index is 0.301. The van der Waals surface area contributed by atoms with E-state index in [9.17, 15) is 5.11 Å². The topological polar surface area (TPSA) is 41.3 Å². The third-order valence-electron chi connectivity index (χ3n) is 4.40. The van der Waals surface area contributed by atoms with E-state index in [0.29, 0.717) is 12.5 Å². The molecule has 0 radical (unpaired) electrons. The second kappa shape index (κ2) is 5.02. The number of nitrogens with zero attached hydrogens (tertiary/aromatic N) is 3. The first-order valence-electron chi connectivity index (χ1n) is 7.09. The highest BCUT2D eigenvalue weighted by atomic mass is 16.3. The summed E-state index contributed by atoms with van der Waals surface area (Å²) < 4.78 is 2.29. The van der Waals surface area contributed by atoms with Gasteiger partial charge >= 0.3 is 0 Å². The first-order valence-corrected chi connectivity index (χ1v) is 7.09. The van der Waals surface area contributed by atoms with Crippen LogP contribution in [0.1, 0.15) is 24.4 Å². The number of hydrogen-bond acceptors (Lipinski definition) is 3. The van der Waals surface area contributed by atoms with Crippen LogP contribution in [0.2, 0.25) is 0 Å². The number of fused-ring (bicyclic) bond motifs is 1. The Morgan fingerprint density at radius 3 is 2.89 bits per heavy atom. The Hall–Kier alpha value is -0.870. The lowest BCUT2D eigenvalue weighted by Gasteiger charge is -2.20. The van der Waals surface area contributed by atoms with E-state index >= 15 is 0 Å². The molecule has 100 valence electrons. The molecular formula is C14H23N3O. The molecule has 2 aliphatic rings. The Morgan fingerprint density at radius 1 is 1.33 bits per heavy atom. The summed E-state index contributed by atoms with van der Waals surface area (Å²) in [6.45, 7) is 3.76. The van der Waals surface area contributed by atoms with E-state index in [1.54, 1.807) is 0 Å². The number of aryl methyl sites for hydroxylation is 1. The summed E-state index contributed by atoms with van der Waals surface area (Å²) in [5.41, 5.74) is 1.25. The van der Waals surface area contributed by atoms with Gasteiger partial charge in [0.15, 0.2) is 0 Å². The quantitative estimate of drug-likeness (QED) is 0.866. The molecule has 18 heavy (non-hydrogen) atoms. The average molecular weight is 249 g/mol. The van der Waals surface area contributed by atoms with Crippen LogP contribution in [0.15, 0.2) is 6.20 Å². The molecular weight excluding hydrogens is 226 g/mol. The summed E-state index contributed by atoms with van der Waals surface area (Å²) in [5.74, 6) is 2.38. The zero-order valence-electron chi connectivity index (χ0n) is 11.2. The van der Waals surface area contributed by atoms with Crippen molar-refractivity contribution in [2.45, 2.75) is 32.2 Å². The molecule has 2 aliphatic heterocycles. The van der Waals surface area contributed by atoms with E-state index in [4.69, 9.17) is 4.98 Å². The lowest BCUT2D eigenvalue weighted by molar-refractivity contribution is 0.199. The van der Waals surface area contributed by atoms with Crippen LogP contribution in [0.25, 0.3) is 0 Å². The molecule has 1 aromatic heterocycles. The van der Waals surface area contributed by atoms with Crippen LogP contribution < -0.4 is 0 Å². The number of aliphatic hydroxyl groups is 1. The number of rotatable bonds is 3. The van der Waals surface area contributed by atoms with Crippen molar-refractivity contribution < 1.29 is 5.11 Å². The Kier molecular flexibility index (Phi) is 3.39. The van der Waals surface area contributed by atoms with Gasteiger partial charge in [-0.2, -0.15) is 0 Å². The number of likely N-dealkylation sites (tertiary alicyclic amines) is 1. The van der Waals surface area contributed by atoms with Gasteiger partial charge in [0.05, 0.1) is 5.69 Å². The van der Waals surface area contributed by atoms with Gasteiger partial charge in [-0.05, 0) is 44.7 Å². The zero-order chi connectivity index (χ0) is 12.5. The standard InChI is InChI=1S/C14H23N3O/c1-16-4-2-11(8-16)6-13-9-17-5-3-12(10-18)7-14(17)15-13/h9,11-12,18H,2-8,10H2,1H3. The lowest BCUT2D eigenvalue weighted by Crippen LogP contribution is -2.21. The molecule has 0 saturated carbocycles. The molecule has 0 amide bonds. The molecule has 1 fully saturated rings. The molecule has 1 aromatic rings. The summed E-state index contributed by atoms with van der Waals surface area (Å²) >= 11 is 0. The maximum atomic E-state index is 9.24. The fourth-order valence-corrected chi connectivity index (χ4v) is 3.29. The molecule has 0 aromatic carbocycles. The van der Waals surface area contributed by atoms with E-state index in [-0.39, 0.29) is 0 Å². The predicted molar refractivity (Wildman–Crippen MR) is 70.4 cm³/mol. The highest BCUT2D eigenvalue weighted by Crippen LogP contribution is 2.23. The van der Waals surface area contributed by atoms with E-state index in [1.807, 2.05) is 0 Å². The van der Waals surface area contributed by atoms with Crippen molar-refractivity contribution in [2.24, 2.45) is 11.8 Å². The van der Waals surface area contributed by atoms with Crippen LogP contribution in [0.5, 0.6) is 0 Å². The molecule has 0 aliphatic carbocycles. The van der Waals surface area contributed by atoms with Gasteiger partial charge in [-0.25, -0.2) is 4.98 Å². The Balaban J connectivity index is 1.66. The fourth-order valence-electron chi connectivity index (χ4n) is 3.29. The van der Waals surface area contributed by atoms with Gasteiger partial charge in [-0.1, -0.05) is 0 Å². The first-order chi connectivity index (χ1) is 8.74. The maximum absolute atomic E-state index is 9.24. The number of aromatic nitrogens is 2. The third kappa shape index (κ3) is 2.45. The van der Waals surface area contributed by atoms with Crippen molar-refractivity contribution in [1.29, 1.82) is 0 Å². The second-order valence-corrected chi connectivity index (χ2v) is 6.00. The van der Waals surface area contributed by atoms with Crippen LogP contribution in [-0.4, -0.2) is 46.3 Å². The van der Waals surface area contributed by atoms with Gasteiger partial charge in [0, 0.05) is 32.3 Å². The molecule has 2 atom stereocenters. The minimum absolute atomic E-state index is 0.301. The molecule has 0 bridgehead atoms. The molecule has 4 nitrogen and oxygen atoms in total.